The van der Waals surface area contributed by atoms with Crippen LogP contribution in [-0.2, 0) is 45.1 Å². The summed E-state index contributed by atoms with van der Waals surface area (Å²) >= 11 is 0. The number of nitrogens with one attached hydrogen (secondary N) is 1. The van der Waals surface area contributed by atoms with E-state index in [2.05, 4.69) is 17.4 Å². The molecule has 13 heteroatoms. The van der Waals surface area contributed by atoms with Crippen LogP contribution in [0.1, 0.15) is 60.9 Å². The van der Waals surface area contributed by atoms with E-state index in [-0.39, 0.29) is 29.5 Å². The summed E-state index contributed by atoms with van der Waals surface area (Å²) in [5.74, 6) is -1.11. The van der Waals surface area contributed by atoms with Crippen molar-refractivity contribution in [3.63, 3.8) is 0 Å². The van der Waals surface area contributed by atoms with Crippen molar-refractivity contribution in [2.24, 2.45) is 5.73 Å². The zero-order valence-electron chi connectivity index (χ0n) is 23.2. The molecule has 0 unspecified atom stereocenters. The third-order valence-electron chi connectivity index (χ3n) is 7.88. The van der Waals surface area contributed by atoms with Crippen LogP contribution in [0, 0.1) is 0 Å². The van der Waals surface area contributed by atoms with E-state index in [4.69, 9.17) is 10.5 Å². The number of likely N-dealkylation sites (tertiary alicyclic amines) is 1. The first kappa shape index (κ1) is 33.7. The van der Waals surface area contributed by atoms with E-state index in [9.17, 15) is 35.9 Å². The minimum atomic E-state index is -5.00. The minimum absolute atomic E-state index is 0. The van der Waals surface area contributed by atoms with Crippen LogP contribution in [0.25, 0.3) is 0 Å². The Balaban J connectivity index is 0.00000484. The van der Waals surface area contributed by atoms with E-state index < -0.39 is 60.1 Å². The van der Waals surface area contributed by atoms with Crippen LogP contribution in [0.5, 0.6) is 0 Å². The highest BCUT2D eigenvalue weighted by Gasteiger charge is 2.43. The summed E-state index contributed by atoms with van der Waals surface area (Å²) in [7, 11) is 0. The van der Waals surface area contributed by atoms with Gasteiger partial charge in [-0.25, -0.2) is 0 Å². The summed E-state index contributed by atoms with van der Waals surface area (Å²) in [5.41, 5.74) is 3.80. The van der Waals surface area contributed by atoms with E-state index >= 15 is 0 Å². The molecule has 6 nitrogen and oxygen atoms in total. The average Bonchev–Trinajstić information content (AvgIpc) is 3.24. The topological polar surface area (TPSA) is 84.7 Å². The van der Waals surface area contributed by atoms with Gasteiger partial charge in [0.1, 0.15) is 6.04 Å². The maximum Gasteiger partial charge on any atom is 0.416 e. The molecular formula is C29H34ClF6N3O3. The predicted molar refractivity (Wildman–Crippen MR) is 146 cm³/mol. The Labute approximate surface area is 246 Å². The highest BCUT2D eigenvalue weighted by Crippen LogP contribution is 2.46. The third kappa shape index (κ3) is 7.57. The molecule has 0 aromatic heterocycles. The van der Waals surface area contributed by atoms with Crippen LogP contribution in [0.3, 0.4) is 0 Å². The summed E-state index contributed by atoms with van der Waals surface area (Å²) in [6.45, 7) is 2.62. The fraction of sp³-hybridized carbons (Fsp3) is 0.517. The highest BCUT2D eigenvalue weighted by molar-refractivity contribution is 5.91. The molecule has 0 bridgehead atoms. The maximum absolute atomic E-state index is 13.5. The van der Waals surface area contributed by atoms with Crippen molar-refractivity contribution in [1.29, 1.82) is 0 Å². The minimum Gasteiger partial charge on any atom is -0.374 e. The predicted octanol–water partition coefficient (Wildman–Crippen LogP) is 5.39. The molecule has 1 saturated heterocycles. The van der Waals surface area contributed by atoms with Crippen molar-refractivity contribution in [1.82, 2.24) is 10.2 Å². The van der Waals surface area contributed by atoms with Crippen molar-refractivity contribution in [3.8, 4) is 0 Å². The number of piperidine rings is 1. The summed E-state index contributed by atoms with van der Waals surface area (Å²) in [4.78, 5) is 27.8. The molecule has 0 radical (unpaired) electrons. The molecule has 2 aromatic carbocycles. The second kappa shape index (κ2) is 12.4. The lowest BCUT2D eigenvalue weighted by atomic mass is 9.74. The number of hydrogen-bond acceptors (Lipinski definition) is 4. The number of aryl methyl sites for hydroxylation is 1. The first-order valence-corrected chi connectivity index (χ1v) is 13.3. The lowest BCUT2D eigenvalue weighted by molar-refractivity contribution is -0.143. The number of nitrogens with two attached hydrogens (primary N) is 1. The Morgan fingerprint density at radius 2 is 1.55 bits per heavy atom. The summed E-state index contributed by atoms with van der Waals surface area (Å²) in [6.07, 6.45) is -6.60. The first-order valence-electron chi connectivity index (χ1n) is 13.3. The molecule has 3 N–H and O–H groups in total. The molecule has 1 fully saturated rings. The zero-order valence-corrected chi connectivity index (χ0v) is 24.0. The van der Waals surface area contributed by atoms with Gasteiger partial charge in [0.05, 0.1) is 29.9 Å². The van der Waals surface area contributed by atoms with Gasteiger partial charge in [-0.3, -0.25) is 9.59 Å². The number of carbonyl (C=O) groups is 2. The van der Waals surface area contributed by atoms with E-state index in [0.29, 0.717) is 25.2 Å². The highest BCUT2D eigenvalue weighted by atomic mass is 35.5. The number of ether oxygens (including phenoxy) is 1. The lowest BCUT2D eigenvalue weighted by Crippen LogP contribution is -2.59. The molecule has 1 aliphatic heterocycles. The maximum atomic E-state index is 13.5. The Morgan fingerprint density at radius 3 is 2.10 bits per heavy atom. The van der Waals surface area contributed by atoms with Gasteiger partial charge in [0.15, 0.2) is 0 Å². The van der Waals surface area contributed by atoms with Crippen LogP contribution in [-0.4, -0.2) is 48.0 Å². The number of nitrogens with zero attached hydrogens (tertiary/aromatic N) is 1. The second-order valence-electron chi connectivity index (χ2n) is 11.4. The van der Waals surface area contributed by atoms with Crippen LogP contribution < -0.4 is 11.1 Å². The number of rotatable bonds is 7. The van der Waals surface area contributed by atoms with E-state index in [1.54, 1.807) is 4.90 Å². The molecule has 1 heterocycles. The van der Waals surface area contributed by atoms with Crippen LogP contribution >= 0.6 is 12.4 Å². The monoisotopic (exact) mass is 621 g/mol. The molecule has 1 atom stereocenters. The average molecular weight is 622 g/mol. The van der Waals surface area contributed by atoms with Gasteiger partial charge in [-0.2, -0.15) is 26.3 Å². The molecule has 232 valence electrons. The van der Waals surface area contributed by atoms with Gasteiger partial charge in [0, 0.05) is 13.1 Å². The normalized spacial score (nSPS) is 17.4. The van der Waals surface area contributed by atoms with E-state index in [0.717, 1.165) is 25.7 Å². The van der Waals surface area contributed by atoms with Gasteiger partial charge >= 0.3 is 12.4 Å². The fourth-order valence-corrected chi connectivity index (χ4v) is 5.58. The van der Waals surface area contributed by atoms with Gasteiger partial charge in [0.2, 0.25) is 11.8 Å². The Hall–Kier alpha value is -2.83. The molecule has 42 heavy (non-hydrogen) atoms. The van der Waals surface area contributed by atoms with Gasteiger partial charge < -0.3 is 20.7 Å². The molecule has 2 aliphatic rings. The number of fused-ring (bicyclic) bond motifs is 2. The number of carbonyl (C=O) groups excluding carboxylic acids is 2. The number of alkyl halides is 6. The molecule has 1 aliphatic carbocycles. The molecule has 4 rings (SSSR count). The summed E-state index contributed by atoms with van der Waals surface area (Å²) in [5, 5.41) is 2.55. The van der Waals surface area contributed by atoms with Crippen molar-refractivity contribution in [3.05, 3.63) is 70.3 Å². The SMILES string of the molecule is CC(C)(N)C(=O)N[C@H](COCc1cc(C(F)(F)F)cc(C(F)(F)F)c1)C(=O)N1CCC2(CCc3ccccc32)CC1.Cl. The zero-order chi connectivity index (χ0) is 30.2. The molecule has 2 amide bonds. The Bertz CT molecular complexity index is 1250. The first-order chi connectivity index (χ1) is 19.0. The van der Waals surface area contributed by atoms with Crippen molar-refractivity contribution >= 4 is 24.2 Å². The van der Waals surface area contributed by atoms with Gasteiger partial charge in [-0.05, 0) is 79.8 Å². The number of amides is 2. The van der Waals surface area contributed by atoms with Crippen LogP contribution in [0.2, 0.25) is 0 Å². The van der Waals surface area contributed by atoms with Crippen molar-refractivity contribution in [2.45, 2.75) is 75.5 Å². The molecule has 1 spiro atoms. The van der Waals surface area contributed by atoms with E-state index in [1.807, 2.05) is 12.1 Å². The molecular weight excluding hydrogens is 588 g/mol. The Morgan fingerprint density at radius 1 is 0.976 bits per heavy atom. The van der Waals surface area contributed by atoms with Crippen molar-refractivity contribution < 1.29 is 40.7 Å². The number of halogens is 7. The summed E-state index contributed by atoms with van der Waals surface area (Å²) < 4.78 is 84.8. The largest absolute Gasteiger partial charge is 0.416 e. The molecule has 0 saturated carbocycles. The number of hydrogen-bond donors (Lipinski definition) is 2. The molecule has 2 aromatic rings. The fourth-order valence-electron chi connectivity index (χ4n) is 5.58. The lowest BCUT2D eigenvalue weighted by Gasteiger charge is -2.41. The standard InChI is InChI=1S/C29H33F6N3O3.ClH/c1-26(2,36)25(40)37-23(17-41-16-18-13-20(28(30,31)32)15-21(14-18)29(33,34)35)24(39)38-11-9-27(10-12-38)8-7-19-5-3-4-6-22(19)27;/h3-6,13-15,23H,7-12,16-17,36H2,1-2H3,(H,37,40);1H/t23-;/m1./s1. The number of benzene rings is 2. The van der Waals surface area contributed by atoms with Crippen LogP contribution in [0.15, 0.2) is 42.5 Å². The Kier molecular flexibility index (Phi) is 9.95. The van der Waals surface area contributed by atoms with Crippen LogP contribution in [0.4, 0.5) is 26.3 Å². The van der Waals surface area contributed by atoms with E-state index in [1.165, 1.54) is 25.0 Å². The van der Waals surface area contributed by atoms with Gasteiger partial charge in [-0.15, -0.1) is 12.4 Å². The van der Waals surface area contributed by atoms with Gasteiger partial charge in [0.25, 0.3) is 0 Å². The quantitative estimate of drug-likeness (QED) is 0.406. The van der Waals surface area contributed by atoms with Gasteiger partial charge in [-0.1, -0.05) is 24.3 Å². The smallest absolute Gasteiger partial charge is 0.374 e. The summed E-state index contributed by atoms with van der Waals surface area (Å²) in [6, 6.07) is 8.18. The third-order valence-corrected chi connectivity index (χ3v) is 7.88. The van der Waals surface area contributed by atoms with Crippen molar-refractivity contribution in [2.75, 3.05) is 19.7 Å². The second-order valence-corrected chi connectivity index (χ2v) is 11.4.